The highest BCUT2D eigenvalue weighted by atomic mass is 79.9. The Morgan fingerprint density at radius 3 is 2.23 bits per heavy atom. The third-order valence-corrected chi connectivity index (χ3v) is 7.16. The molecule has 0 saturated heterocycles. The summed E-state index contributed by atoms with van der Waals surface area (Å²) >= 11 is 11.1. The van der Waals surface area contributed by atoms with E-state index >= 15 is 0 Å². The number of nitrogens with one attached hydrogen (secondary N) is 1. The largest absolute Gasteiger partial charge is 0.352 e. The van der Waals surface area contributed by atoms with Crippen LogP contribution in [0.3, 0.4) is 0 Å². The van der Waals surface area contributed by atoms with Gasteiger partial charge in [-0.25, -0.2) is 0 Å². The molecular formula is C28H30BrClN2O2S. The minimum Gasteiger partial charge on any atom is -0.352 e. The third kappa shape index (κ3) is 9.02. The average Bonchev–Trinajstić information content (AvgIpc) is 2.84. The van der Waals surface area contributed by atoms with Crippen molar-refractivity contribution in [1.29, 1.82) is 0 Å². The summed E-state index contributed by atoms with van der Waals surface area (Å²) in [5.74, 6) is 0.426. The molecule has 35 heavy (non-hydrogen) atoms. The van der Waals surface area contributed by atoms with Crippen molar-refractivity contribution >= 4 is 51.1 Å². The molecular weight excluding hydrogens is 544 g/mol. The zero-order valence-electron chi connectivity index (χ0n) is 19.9. The van der Waals surface area contributed by atoms with E-state index in [4.69, 9.17) is 11.6 Å². The molecule has 184 valence electrons. The van der Waals surface area contributed by atoms with Crippen LogP contribution in [0.4, 0.5) is 0 Å². The van der Waals surface area contributed by atoms with Gasteiger partial charge in [-0.05, 0) is 61.4 Å². The summed E-state index contributed by atoms with van der Waals surface area (Å²) in [6.07, 6.45) is 0.774. The van der Waals surface area contributed by atoms with Crippen LogP contribution in [-0.4, -0.2) is 34.6 Å². The first kappa shape index (κ1) is 27.3. The zero-order chi connectivity index (χ0) is 25.2. The molecule has 0 fully saturated rings. The number of rotatable bonds is 11. The molecule has 1 atom stereocenters. The molecule has 0 radical (unpaired) electrons. The maximum Gasteiger partial charge on any atom is 0.243 e. The third-order valence-electron chi connectivity index (χ3n) is 5.37. The fraction of sp³-hybridized carbons (Fsp3) is 0.286. The van der Waals surface area contributed by atoms with Crippen LogP contribution >= 0.6 is 39.3 Å². The summed E-state index contributed by atoms with van der Waals surface area (Å²) in [6.45, 7) is 4.23. The van der Waals surface area contributed by atoms with E-state index < -0.39 is 6.04 Å². The summed E-state index contributed by atoms with van der Waals surface area (Å²) < 4.78 is 0.969. The van der Waals surface area contributed by atoms with E-state index in [0.717, 1.165) is 20.5 Å². The molecule has 0 heterocycles. The van der Waals surface area contributed by atoms with E-state index in [-0.39, 0.29) is 17.9 Å². The zero-order valence-corrected chi connectivity index (χ0v) is 23.1. The number of thioether (sulfide) groups is 1. The van der Waals surface area contributed by atoms with E-state index in [9.17, 15) is 9.59 Å². The number of nitrogens with zero attached hydrogens (tertiary/aromatic N) is 1. The van der Waals surface area contributed by atoms with Crippen molar-refractivity contribution in [1.82, 2.24) is 10.2 Å². The molecule has 2 amide bonds. The summed E-state index contributed by atoms with van der Waals surface area (Å²) in [7, 11) is 0. The molecule has 0 spiro atoms. The molecule has 7 heteroatoms. The van der Waals surface area contributed by atoms with Gasteiger partial charge in [0.15, 0.2) is 0 Å². The smallest absolute Gasteiger partial charge is 0.243 e. The first-order chi connectivity index (χ1) is 16.8. The predicted octanol–water partition coefficient (Wildman–Crippen LogP) is 6.75. The number of carbonyl (C=O) groups excluding carboxylic acids is 2. The minimum atomic E-state index is -0.614. The lowest BCUT2D eigenvalue weighted by Gasteiger charge is -2.32. The number of halogens is 2. The SMILES string of the molecule is CC(C)NC(=O)[C@@H](Cc1ccccc1)N(Cc1ccc(Br)cc1)C(=O)CCSc1ccc(Cl)cc1. The maximum atomic E-state index is 13.6. The van der Waals surface area contributed by atoms with Crippen molar-refractivity contribution < 1.29 is 9.59 Å². The van der Waals surface area contributed by atoms with Crippen molar-refractivity contribution in [2.75, 3.05) is 5.75 Å². The molecule has 0 aliphatic carbocycles. The topological polar surface area (TPSA) is 49.4 Å². The van der Waals surface area contributed by atoms with Gasteiger partial charge in [0.05, 0.1) is 0 Å². The Balaban J connectivity index is 1.83. The minimum absolute atomic E-state index is 0.0223. The van der Waals surface area contributed by atoms with E-state index in [2.05, 4.69) is 21.2 Å². The van der Waals surface area contributed by atoms with Gasteiger partial charge in [-0.3, -0.25) is 9.59 Å². The second kappa shape index (κ2) is 13.7. The molecule has 3 aromatic rings. The summed E-state index contributed by atoms with van der Waals surface area (Å²) in [4.78, 5) is 29.7. The Morgan fingerprint density at radius 1 is 0.943 bits per heavy atom. The summed E-state index contributed by atoms with van der Waals surface area (Å²) in [5, 5.41) is 3.71. The maximum absolute atomic E-state index is 13.6. The van der Waals surface area contributed by atoms with Crippen LogP contribution in [-0.2, 0) is 22.6 Å². The highest BCUT2D eigenvalue weighted by Gasteiger charge is 2.30. The monoisotopic (exact) mass is 572 g/mol. The fourth-order valence-corrected chi connectivity index (χ4v) is 4.88. The predicted molar refractivity (Wildman–Crippen MR) is 149 cm³/mol. The molecule has 1 N–H and O–H groups in total. The van der Waals surface area contributed by atoms with Crippen molar-refractivity contribution in [3.8, 4) is 0 Å². The molecule has 0 saturated carbocycles. The van der Waals surface area contributed by atoms with Gasteiger partial charge < -0.3 is 10.2 Å². The van der Waals surface area contributed by atoms with Gasteiger partial charge in [-0.15, -0.1) is 11.8 Å². The first-order valence-corrected chi connectivity index (χ1v) is 13.7. The average molecular weight is 574 g/mol. The highest BCUT2D eigenvalue weighted by molar-refractivity contribution is 9.10. The highest BCUT2D eigenvalue weighted by Crippen LogP contribution is 2.23. The lowest BCUT2D eigenvalue weighted by atomic mass is 10.0. The molecule has 0 aromatic heterocycles. The molecule has 0 aliphatic heterocycles. The summed E-state index contributed by atoms with van der Waals surface area (Å²) in [5.41, 5.74) is 1.99. The van der Waals surface area contributed by atoms with E-state index in [1.807, 2.05) is 92.7 Å². The van der Waals surface area contributed by atoms with Crippen LogP contribution in [0, 0.1) is 0 Å². The van der Waals surface area contributed by atoms with Gasteiger partial charge in [0.2, 0.25) is 11.8 Å². The number of benzene rings is 3. The van der Waals surface area contributed by atoms with Crippen molar-refractivity contribution in [2.24, 2.45) is 0 Å². The molecule has 0 aliphatic rings. The molecule has 3 aromatic carbocycles. The Morgan fingerprint density at radius 2 is 1.60 bits per heavy atom. The van der Waals surface area contributed by atoms with Crippen LogP contribution < -0.4 is 5.32 Å². The van der Waals surface area contributed by atoms with Gasteiger partial charge in [0.25, 0.3) is 0 Å². The second-order valence-corrected chi connectivity index (χ2v) is 11.1. The van der Waals surface area contributed by atoms with E-state index in [0.29, 0.717) is 30.2 Å². The number of hydrogen-bond donors (Lipinski definition) is 1. The fourth-order valence-electron chi connectivity index (χ4n) is 3.65. The molecule has 4 nitrogen and oxygen atoms in total. The van der Waals surface area contributed by atoms with E-state index in [1.165, 1.54) is 0 Å². The normalized spacial score (nSPS) is 11.8. The lowest BCUT2D eigenvalue weighted by Crippen LogP contribution is -2.51. The Hall–Kier alpha value is -2.28. The Labute approximate surface area is 225 Å². The molecule has 3 rings (SSSR count). The van der Waals surface area contributed by atoms with Crippen LogP contribution in [0.5, 0.6) is 0 Å². The van der Waals surface area contributed by atoms with Crippen LogP contribution in [0.1, 0.15) is 31.4 Å². The standard InChI is InChI=1S/C28H30BrClN2O2S/c1-20(2)31-28(34)26(18-21-6-4-3-5-7-21)32(19-22-8-10-23(29)11-9-22)27(33)16-17-35-25-14-12-24(30)13-15-25/h3-15,20,26H,16-19H2,1-2H3,(H,31,34)/t26-/m1/s1. The number of amides is 2. The molecule has 0 bridgehead atoms. The Kier molecular flexibility index (Phi) is 10.7. The van der Waals surface area contributed by atoms with Crippen LogP contribution in [0.2, 0.25) is 5.02 Å². The van der Waals surface area contributed by atoms with Gasteiger partial charge in [0, 0.05) is 45.6 Å². The number of carbonyl (C=O) groups is 2. The van der Waals surface area contributed by atoms with Crippen molar-refractivity contribution in [2.45, 2.75) is 50.2 Å². The van der Waals surface area contributed by atoms with Gasteiger partial charge >= 0.3 is 0 Å². The summed E-state index contributed by atoms with van der Waals surface area (Å²) in [6, 6.07) is 24.7. The van der Waals surface area contributed by atoms with Crippen molar-refractivity contribution in [3.05, 3.63) is 99.5 Å². The van der Waals surface area contributed by atoms with Crippen LogP contribution in [0.25, 0.3) is 0 Å². The van der Waals surface area contributed by atoms with Gasteiger partial charge in [-0.2, -0.15) is 0 Å². The van der Waals surface area contributed by atoms with E-state index in [1.54, 1.807) is 16.7 Å². The second-order valence-electron chi connectivity index (χ2n) is 8.57. The number of hydrogen-bond acceptors (Lipinski definition) is 3. The first-order valence-electron chi connectivity index (χ1n) is 11.6. The Bertz CT molecular complexity index is 1090. The van der Waals surface area contributed by atoms with Gasteiger partial charge in [0.1, 0.15) is 6.04 Å². The quantitative estimate of drug-likeness (QED) is 0.258. The molecule has 0 unspecified atom stereocenters. The van der Waals surface area contributed by atoms with Gasteiger partial charge in [-0.1, -0.05) is 70.0 Å². The van der Waals surface area contributed by atoms with Crippen LogP contribution in [0.15, 0.2) is 88.2 Å². The lowest BCUT2D eigenvalue weighted by molar-refractivity contribution is -0.141. The van der Waals surface area contributed by atoms with Crippen molar-refractivity contribution in [3.63, 3.8) is 0 Å².